The van der Waals surface area contributed by atoms with Crippen molar-refractivity contribution in [2.24, 2.45) is 0 Å². The summed E-state index contributed by atoms with van der Waals surface area (Å²) in [7, 11) is 0. The van der Waals surface area contributed by atoms with Gasteiger partial charge in [-0.05, 0) is 37.1 Å². The summed E-state index contributed by atoms with van der Waals surface area (Å²) in [5, 5.41) is 0. The van der Waals surface area contributed by atoms with Gasteiger partial charge in [0.15, 0.2) is 0 Å². The largest absolute Gasteiger partial charge is 0.307 e. The summed E-state index contributed by atoms with van der Waals surface area (Å²) in [6.07, 6.45) is 0. The summed E-state index contributed by atoms with van der Waals surface area (Å²) in [4.78, 5) is 13.7. The van der Waals surface area contributed by atoms with Crippen LogP contribution in [0.5, 0.6) is 0 Å². The maximum absolute atomic E-state index is 13.8. The van der Waals surface area contributed by atoms with E-state index in [4.69, 9.17) is 11.6 Å². The lowest BCUT2D eigenvalue weighted by Gasteiger charge is -2.24. The monoisotopic (exact) mass is 305 g/mol. The number of carbonyl (C=O) groups is 1. The van der Waals surface area contributed by atoms with Crippen molar-refractivity contribution < 1.29 is 9.18 Å². The molecule has 2 aromatic rings. The smallest absolute Gasteiger partial charge is 0.242 e. The molecule has 0 saturated heterocycles. The number of anilines is 1. The summed E-state index contributed by atoms with van der Waals surface area (Å²) in [5.41, 5.74) is 3.23. The standard InChI is InChI=1S/C17H17ClFNO/c1-12-7-8-13(2)16(9-12)20(17(21)10-18)11-14-5-3-4-6-15(14)19/h3-9H,10-11H2,1-2H3. The van der Waals surface area contributed by atoms with E-state index >= 15 is 0 Å². The van der Waals surface area contributed by atoms with Crippen LogP contribution in [0.1, 0.15) is 16.7 Å². The highest BCUT2D eigenvalue weighted by molar-refractivity contribution is 6.29. The van der Waals surface area contributed by atoms with Crippen LogP contribution in [-0.4, -0.2) is 11.8 Å². The molecule has 0 aliphatic rings. The molecule has 0 atom stereocenters. The normalized spacial score (nSPS) is 10.5. The van der Waals surface area contributed by atoms with Gasteiger partial charge in [0, 0.05) is 11.3 Å². The highest BCUT2D eigenvalue weighted by Gasteiger charge is 2.18. The van der Waals surface area contributed by atoms with Gasteiger partial charge >= 0.3 is 0 Å². The van der Waals surface area contributed by atoms with Gasteiger partial charge in [-0.3, -0.25) is 4.79 Å². The van der Waals surface area contributed by atoms with E-state index < -0.39 is 0 Å². The second kappa shape index (κ2) is 6.72. The van der Waals surface area contributed by atoms with E-state index in [2.05, 4.69) is 0 Å². The van der Waals surface area contributed by atoms with E-state index in [0.717, 1.165) is 16.8 Å². The Labute approximate surface area is 129 Å². The number of hydrogen-bond donors (Lipinski definition) is 0. The van der Waals surface area contributed by atoms with Crippen LogP contribution in [0.15, 0.2) is 42.5 Å². The van der Waals surface area contributed by atoms with Gasteiger partial charge < -0.3 is 4.90 Å². The zero-order valence-electron chi connectivity index (χ0n) is 12.1. The predicted octanol–water partition coefficient (Wildman–Crippen LogP) is 4.21. The molecule has 0 bridgehead atoms. The molecule has 0 radical (unpaired) electrons. The fourth-order valence-electron chi connectivity index (χ4n) is 2.19. The summed E-state index contributed by atoms with van der Waals surface area (Å²) in [6, 6.07) is 12.3. The van der Waals surface area contributed by atoms with Gasteiger partial charge in [-0.15, -0.1) is 11.6 Å². The fourth-order valence-corrected chi connectivity index (χ4v) is 2.33. The molecular formula is C17H17ClFNO. The Morgan fingerprint density at radius 3 is 2.57 bits per heavy atom. The number of carbonyl (C=O) groups excluding carboxylic acids is 1. The molecule has 0 unspecified atom stereocenters. The first-order valence-corrected chi connectivity index (χ1v) is 7.23. The first-order valence-electron chi connectivity index (χ1n) is 6.70. The third kappa shape index (κ3) is 3.61. The zero-order chi connectivity index (χ0) is 15.4. The molecule has 21 heavy (non-hydrogen) atoms. The van der Waals surface area contributed by atoms with E-state index in [0.29, 0.717) is 5.56 Å². The minimum Gasteiger partial charge on any atom is -0.307 e. The molecule has 0 fully saturated rings. The Morgan fingerprint density at radius 2 is 1.90 bits per heavy atom. The highest BCUT2D eigenvalue weighted by Crippen LogP contribution is 2.24. The average Bonchev–Trinajstić information content (AvgIpc) is 2.48. The summed E-state index contributed by atoms with van der Waals surface area (Å²) >= 11 is 5.71. The molecule has 1 amide bonds. The van der Waals surface area contributed by atoms with Crippen LogP contribution in [0.4, 0.5) is 10.1 Å². The maximum atomic E-state index is 13.8. The molecule has 2 nitrogen and oxygen atoms in total. The highest BCUT2D eigenvalue weighted by atomic mass is 35.5. The molecule has 4 heteroatoms. The van der Waals surface area contributed by atoms with Crippen molar-refractivity contribution in [2.45, 2.75) is 20.4 Å². The topological polar surface area (TPSA) is 20.3 Å². The third-order valence-corrected chi connectivity index (χ3v) is 3.59. The molecule has 0 heterocycles. The van der Waals surface area contributed by atoms with E-state index in [9.17, 15) is 9.18 Å². The van der Waals surface area contributed by atoms with Gasteiger partial charge in [-0.2, -0.15) is 0 Å². The van der Waals surface area contributed by atoms with Gasteiger partial charge in [0.1, 0.15) is 11.7 Å². The van der Waals surface area contributed by atoms with Gasteiger partial charge in [0.25, 0.3) is 0 Å². The maximum Gasteiger partial charge on any atom is 0.242 e. The van der Waals surface area contributed by atoms with E-state index in [-0.39, 0.29) is 24.1 Å². The van der Waals surface area contributed by atoms with Crippen molar-refractivity contribution in [3.8, 4) is 0 Å². The number of halogens is 2. The van der Waals surface area contributed by atoms with Crippen LogP contribution < -0.4 is 4.90 Å². The second-order valence-electron chi connectivity index (χ2n) is 4.99. The molecule has 0 aromatic heterocycles. The number of hydrogen-bond acceptors (Lipinski definition) is 1. The van der Waals surface area contributed by atoms with Crippen LogP contribution in [0.2, 0.25) is 0 Å². The molecule has 110 valence electrons. The van der Waals surface area contributed by atoms with E-state index in [1.54, 1.807) is 18.2 Å². The molecule has 2 rings (SSSR count). The lowest BCUT2D eigenvalue weighted by atomic mass is 10.1. The van der Waals surface area contributed by atoms with E-state index in [1.165, 1.54) is 11.0 Å². The Morgan fingerprint density at radius 1 is 1.19 bits per heavy atom. The lowest BCUT2D eigenvalue weighted by molar-refractivity contribution is -0.116. The molecule has 0 spiro atoms. The minimum atomic E-state index is -0.324. The summed E-state index contributed by atoms with van der Waals surface area (Å²) in [6.45, 7) is 4.04. The number of rotatable bonds is 4. The Balaban J connectivity index is 2.42. The Hall–Kier alpha value is -1.87. The number of nitrogens with zero attached hydrogens (tertiary/aromatic N) is 1. The Kier molecular flexibility index (Phi) is 4.97. The van der Waals surface area contributed by atoms with Crippen molar-refractivity contribution in [1.82, 2.24) is 0 Å². The van der Waals surface area contributed by atoms with Crippen molar-refractivity contribution in [3.05, 3.63) is 65.0 Å². The van der Waals surface area contributed by atoms with Gasteiger partial charge in [-0.1, -0.05) is 30.3 Å². The van der Waals surface area contributed by atoms with Crippen molar-refractivity contribution in [2.75, 3.05) is 10.8 Å². The van der Waals surface area contributed by atoms with Crippen LogP contribution in [0.25, 0.3) is 0 Å². The first-order chi connectivity index (χ1) is 10.0. The number of amides is 1. The average molecular weight is 306 g/mol. The first kappa shape index (κ1) is 15.5. The molecule has 0 N–H and O–H groups in total. The zero-order valence-corrected chi connectivity index (χ0v) is 12.8. The molecule has 0 saturated carbocycles. The second-order valence-corrected chi connectivity index (χ2v) is 5.26. The predicted molar refractivity (Wildman–Crippen MR) is 84.2 cm³/mol. The lowest BCUT2D eigenvalue weighted by Crippen LogP contribution is -2.32. The fraction of sp³-hybridized carbons (Fsp3) is 0.235. The molecular weight excluding hydrogens is 289 g/mol. The molecule has 2 aromatic carbocycles. The van der Waals surface area contributed by atoms with Gasteiger partial charge in [0.2, 0.25) is 5.91 Å². The quantitative estimate of drug-likeness (QED) is 0.775. The number of alkyl halides is 1. The Bertz CT molecular complexity index is 657. The molecule has 0 aliphatic carbocycles. The number of aryl methyl sites for hydroxylation is 2. The third-order valence-electron chi connectivity index (χ3n) is 3.36. The van der Waals surface area contributed by atoms with Crippen molar-refractivity contribution >= 4 is 23.2 Å². The minimum absolute atomic E-state index is 0.137. The van der Waals surface area contributed by atoms with E-state index in [1.807, 2.05) is 32.0 Å². The molecule has 0 aliphatic heterocycles. The summed E-state index contributed by atoms with van der Waals surface area (Å²) < 4.78 is 13.8. The number of benzene rings is 2. The van der Waals surface area contributed by atoms with Gasteiger partial charge in [0.05, 0.1) is 6.54 Å². The van der Waals surface area contributed by atoms with Crippen LogP contribution in [0.3, 0.4) is 0 Å². The van der Waals surface area contributed by atoms with Crippen LogP contribution in [0, 0.1) is 19.7 Å². The SMILES string of the molecule is Cc1ccc(C)c(N(Cc2ccccc2F)C(=O)CCl)c1. The van der Waals surface area contributed by atoms with Crippen molar-refractivity contribution in [1.29, 1.82) is 0 Å². The van der Waals surface area contributed by atoms with Crippen LogP contribution >= 0.6 is 11.6 Å². The van der Waals surface area contributed by atoms with Gasteiger partial charge in [-0.25, -0.2) is 4.39 Å². The summed E-state index contributed by atoms with van der Waals surface area (Å²) in [5.74, 6) is -0.703. The van der Waals surface area contributed by atoms with Crippen LogP contribution in [-0.2, 0) is 11.3 Å². The van der Waals surface area contributed by atoms with Crippen molar-refractivity contribution in [3.63, 3.8) is 0 Å².